The Bertz CT molecular complexity index is 890. The molecule has 0 spiro atoms. The summed E-state index contributed by atoms with van der Waals surface area (Å²) in [4.78, 5) is 14.2. The lowest BCUT2D eigenvalue weighted by atomic mass is 10.1. The molecule has 0 bridgehead atoms. The molecule has 3 rings (SSSR count). The summed E-state index contributed by atoms with van der Waals surface area (Å²) in [5, 5.41) is 18.2. The molecule has 0 saturated carbocycles. The van der Waals surface area contributed by atoms with E-state index in [1.165, 1.54) is 24.4 Å². The van der Waals surface area contributed by atoms with Crippen molar-refractivity contribution < 1.29 is 9.31 Å². The fourth-order valence-electron chi connectivity index (χ4n) is 2.57. The Labute approximate surface area is 143 Å². The van der Waals surface area contributed by atoms with Crippen LogP contribution in [0.4, 0.5) is 15.9 Å². The van der Waals surface area contributed by atoms with Crippen molar-refractivity contribution in [2.75, 3.05) is 5.32 Å². The van der Waals surface area contributed by atoms with Crippen LogP contribution in [0.25, 0.3) is 5.69 Å². The monoisotopic (exact) mass is 341 g/mol. The molecule has 1 unspecified atom stereocenters. The summed E-state index contributed by atoms with van der Waals surface area (Å²) in [6.45, 7) is 3.87. The van der Waals surface area contributed by atoms with Crippen molar-refractivity contribution in [3.8, 4) is 5.69 Å². The largest absolute Gasteiger partial charge is 0.363 e. The quantitative estimate of drug-likeness (QED) is 0.563. The zero-order valence-electron chi connectivity index (χ0n) is 13.7. The van der Waals surface area contributed by atoms with Gasteiger partial charge in [-0.3, -0.25) is 10.1 Å². The average Bonchev–Trinajstić information content (AvgIpc) is 2.98. The number of anilines is 1. The van der Waals surface area contributed by atoms with E-state index in [2.05, 4.69) is 15.4 Å². The topological polar surface area (TPSA) is 85.9 Å². The first-order valence-electron chi connectivity index (χ1n) is 7.63. The SMILES string of the molecule is Cc1c(C(C)Nc2ccc([N+](=O)[O-])cn2)cnn1-c1ccc(F)cc1. The fraction of sp³-hybridized carbons (Fsp3) is 0.176. The summed E-state index contributed by atoms with van der Waals surface area (Å²) in [6.07, 6.45) is 2.95. The number of hydrogen-bond acceptors (Lipinski definition) is 5. The van der Waals surface area contributed by atoms with Crippen molar-refractivity contribution in [2.24, 2.45) is 0 Å². The highest BCUT2D eigenvalue weighted by Gasteiger charge is 2.15. The Morgan fingerprint density at radius 3 is 2.52 bits per heavy atom. The number of pyridine rings is 1. The van der Waals surface area contributed by atoms with Gasteiger partial charge in [0.2, 0.25) is 0 Å². The summed E-state index contributed by atoms with van der Waals surface area (Å²) in [7, 11) is 0. The van der Waals surface area contributed by atoms with Gasteiger partial charge in [0, 0.05) is 17.3 Å². The third kappa shape index (κ3) is 3.47. The first-order valence-corrected chi connectivity index (χ1v) is 7.63. The molecule has 1 aromatic carbocycles. The highest BCUT2D eigenvalue weighted by molar-refractivity contribution is 5.43. The molecule has 1 atom stereocenters. The van der Waals surface area contributed by atoms with Gasteiger partial charge < -0.3 is 5.32 Å². The first-order chi connectivity index (χ1) is 12.0. The average molecular weight is 341 g/mol. The smallest absolute Gasteiger partial charge is 0.287 e. The Kier molecular flexibility index (Phi) is 4.42. The number of benzene rings is 1. The highest BCUT2D eigenvalue weighted by atomic mass is 19.1. The van der Waals surface area contributed by atoms with E-state index >= 15 is 0 Å². The molecule has 0 aliphatic rings. The van der Waals surface area contributed by atoms with Gasteiger partial charge in [-0.05, 0) is 44.2 Å². The summed E-state index contributed by atoms with van der Waals surface area (Å²) in [6, 6.07) is 8.95. The maximum Gasteiger partial charge on any atom is 0.287 e. The van der Waals surface area contributed by atoms with Gasteiger partial charge in [0.15, 0.2) is 0 Å². The lowest BCUT2D eigenvalue weighted by molar-refractivity contribution is -0.385. The van der Waals surface area contributed by atoms with Crippen LogP contribution in [-0.4, -0.2) is 19.7 Å². The van der Waals surface area contributed by atoms with Crippen molar-refractivity contribution in [2.45, 2.75) is 19.9 Å². The van der Waals surface area contributed by atoms with Crippen molar-refractivity contribution in [1.29, 1.82) is 0 Å². The molecule has 1 N–H and O–H groups in total. The van der Waals surface area contributed by atoms with Crippen LogP contribution in [0.5, 0.6) is 0 Å². The number of aromatic nitrogens is 3. The van der Waals surface area contributed by atoms with Crippen LogP contribution in [0.2, 0.25) is 0 Å². The predicted molar refractivity (Wildman–Crippen MR) is 91.2 cm³/mol. The van der Waals surface area contributed by atoms with Gasteiger partial charge in [0.25, 0.3) is 5.69 Å². The third-order valence-electron chi connectivity index (χ3n) is 3.91. The lowest BCUT2D eigenvalue weighted by Crippen LogP contribution is -2.09. The van der Waals surface area contributed by atoms with Crippen molar-refractivity contribution in [3.05, 3.63) is 76.0 Å². The van der Waals surface area contributed by atoms with Gasteiger partial charge >= 0.3 is 0 Å². The number of nitro groups is 1. The number of hydrogen-bond donors (Lipinski definition) is 1. The van der Waals surface area contributed by atoms with Crippen LogP contribution in [-0.2, 0) is 0 Å². The molecule has 0 amide bonds. The van der Waals surface area contributed by atoms with Crippen molar-refractivity contribution in [3.63, 3.8) is 0 Å². The molecule has 2 aromatic heterocycles. The number of nitrogens with one attached hydrogen (secondary N) is 1. The van der Waals surface area contributed by atoms with Crippen LogP contribution in [0.1, 0.15) is 24.2 Å². The molecule has 8 heteroatoms. The Balaban J connectivity index is 1.79. The van der Waals surface area contributed by atoms with E-state index in [-0.39, 0.29) is 17.5 Å². The maximum atomic E-state index is 13.1. The second-order valence-electron chi connectivity index (χ2n) is 5.60. The van der Waals surface area contributed by atoms with Gasteiger partial charge in [-0.1, -0.05) is 0 Å². The van der Waals surface area contributed by atoms with Crippen LogP contribution in [0.3, 0.4) is 0 Å². The summed E-state index contributed by atoms with van der Waals surface area (Å²) in [5.74, 6) is 0.236. The first kappa shape index (κ1) is 16.6. The van der Waals surface area contributed by atoms with Gasteiger partial charge in [-0.2, -0.15) is 5.10 Å². The molecule has 0 radical (unpaired) electrons. The van der Waals surface area contributed by atoms with E-state index in [4.69, 9.17) is 0 Å². The second-order valence-corrected chi connectivity index (χ2v) is 5.60. The normalized spacial score (nSPS) is 12.0. The van der Waals surface area contributed by atoms with Gasteiger partial charge in [0.1, 0.15) is 17.8 Å². The van der Waals surface area contributed by atoms with Crippen molar-refractivity contribution in [1.82, 2.24) is 14.8 Å². The summed E-state index contributed by atoms with van der Waals surface area (Å²) < 4.78 is 14.8. The molecule has 0 aliphatic carbocycles. The van der Waals surface area contributed by atoms with E-state index in [0.717, 1.165) is 16.9 Å². The minimum atomic E-state index is -0.489. The minimum Gasteiger partial charge on any atom is -0.363 e. The summed E-state index contributed by atoms with van der Waals surface area (Å²) in [5.41, 5.74) is 2.57. The Hall–Kier alpha value is -3.29. The third-order valence-corrected chi connectivity index (χ3v) is 3.91. The van der Waals surface area contributed by atoms with Gasteiger partial charge in [0.05, 0.1) is 22.8 Å². The minimum absolute atomic E-state index is 0.0569. The Morgan fingerprint density at radius 2 is 1.92 bits per heavy atom. The fourth-order valence-corrected chi connectivity index (χ4v) is 2.57. The van der Waals surface area contributed by atoms with Gasteiger partial charge in [-0.25, -0.2) is 14.1 Å². The molecule has 128 valence electrons. The van der Waals surface area contributed by atoms with E-state index in [9.17, 15) is 14.5 Å². The molecule has 0 aliphatic heterocycles. The molecule has 2 heterocycles. The Morgan fingerprint density at radius 1 is 1.20 bits per heavy atom. The molecular weight excluding hydrogens is 325 g/mol. The molecule has 3 aromatic rings. The van der Waals surface area contributed by atoms with Crippen LogP contribution < -0.4 is 5.32 Å². The van der Waals surface area contributed by atoms with E-state index in [1.54, 1.807) is 29.1 Å². The van der Waals surface area contributed by atoms with E-state index in [1.807, 2.05) is 13.8 Å². The molecule has 0 fully saturated rings. The molecular formula is C17H16FN5O2. The van der Waals surface area contributed by atoms with Crippen molar-refractivity contribution >= 4 is 11.5 Å². The maximum absolute atomic E-state index is 13.1. The van der Waals surface area contributed by atoms with E-state index < -0.39 is 4.92 Å². The van der Waals surface area contributed by atoms with Crippen LogP contribution in [0, 0.1) is 22.9 Å². The second kappa shape index (κ2) is 6.68. The zero-order valence-corrected chi connectivity index (χ0v) is 13.7. The number of nitrogens with zero attached hydrogens (tertiary/aromatic N) is 4. The van der Waals surface area contributed by atoms with Crippen LogP contribution in [0.15, 0.2) is 48.8 Å². The van der Waals surface area contributed by atoms with Crippen LogP contribution >= 0.6 is 0 Å². The van der Waals surface area contributed by atoms with Gasteiger partial charge in [-0.15, -0.1) is 0 Å². The molecule has 25 heavy (non-hydrogen) atoms. The standard InChI is InChI=1S/C17H16FN5O2/c1-11(21-17-8-7-15(9-19-17)23(24)25)16-10-20-22(12(16)2)14-5-3-13(18)4-6-14/h3-11H,1-2H3,(H,19,21). The highest BCUT2D eigenvalue weighted by Crippen LogP contribution is 2.23. The van der Waals surface area contributed by atoms with E-state index in [0.29, 0.717) is 5.82 Å². The zero-order chi connectivity index (χ0) is 18.0. The number of halogens is 1. The summed E-state index contributed by atoms with van der Waals surface area (Å²) >= 11 is 0. The molecule has 7 nitrogen and oxygen atoms in total. The lowest BCUT2D eigenvalue weighted by Gasteiger charge is -2.14. The predicted octanol–water partition coefficient (Wildman–Crippen LogP) is 3.80. The molecule has 0 saturated heterocycles. The number of rotatable bonds is 5.